The van der Waals surface area contributed by atoms with Gasteiger partial charge in [-0.05, 0) is 24.1 Å². The number of carbonyl (C=O) groups is 1. The summed E-state index contributed by atoms with van der Waals surface area (Å²) in [7, 11) is 0. The monoisotopic (exact) mass is 232 g/mol. The van der Waals surface area contributed by atoms with E-state index in [0.29, 0.717) is 0 Å². The minimum absolute atomic E-state index is 0.219. The molecule has 4 N–H and O–H groups in total. The standard InChI is InChI=1S/C13H16N2O2/c1-7-3-4-9-10(6-15-11(9)5-7)8(2)12(14)13(16)17/h3-6,8,12,15H,14H2,1-2H3,(H,16,17). The molecule has 0 fully saturated rings. The molecule has 4 nitrogen and oxygen atoms in total. The maximum atomic E-state index is 10.9. The Bertz CT molecular complexity index is 560. The van der Waals surface area contributed by atoms with Crippen molar-refractivity contribution in [1.82, 2.24) is 4.98 Å². The van der Waals surface area contributed by atoms with E-state index in [9.17, 15) is 4.79 Å². The zero-order chi connectivity index (χ0) is 12.6. The Morgan fingerprint density at radius 1 is 1.47 bits per heavy atom. The van der Waals surface area contributed by atoms with Crippen molar-refractivity contribution in [2.45, 2.75) is 25.8 Å². The molecule has 90 valence electrons. The fourth-order valence-electron chi connectivity index (χ4n) is 2.05. The molecule has 0 aliphatic rings. The molecule has 2 aromatic rings. The van der Waals surface area contributed by atoms with E-state index in [0.717, 1.165) is 16.5 Å². The molecule has 0 saturated heterocycles. The van der Waals surface area contributed by atoms with Crippen molar-refractivity contribution >= 4 is 16.9 Å². The van der Waals surface area contributed by atoms with Gasteiger partial charge < -0.3 is 15.8 Å². The van der Waals surface area contributed by atoms with Gasteiger partial charge in [-0.1, -0.05) is 19.1 Å². The van der Waals surface area contributed by atoms with Gasteiger partial charge in [-0.2, -0.15) is 0 Å². The molecule has 2 atom stereocenters. The number of benzene rings is 1. The first-order valence-electron chi connectivity index (χ1n) is 5.56. The van der Waals surface area contributed by atoms with Gasteiger partial charge in [-0.3, -0.25) is 4.79 Å². The number of nitrogens with two attached hydrogens (primary N) is 1. The molecule has 2 unspecified atom stereocenters. The number of aromatic nitrogens is 1. The van der Waals surface area contributed by atoms with Crippen molar-refractivity contribution in [3.05, 3.63) is 35.5 Å². The van der Waals surface area contributed by atoms with Crippen molar-refractivity contribution in [1.29, 1.82) is 0 Å². The molecule has 1 heterocycles. The van der Waals surface area contributed by atoms with E-state index < -0.39 is 12.0 Å². The second-order valence-electron chi connectivity index (χ2n) is 4.45. The maximum absolute atomic E-state index is 10.9. The zero-order valence-electron chi connectivity index (χ0n) is 9.90. The first-order valence-corrected chi connectivity index (χ1v) is 5.56. The predicted molar refractivity (Wildman–Crippen MR) is 67.1 cm³/mol. The fourth-order valence-corrected chi connectivity index (χ4v) is 2.05. The van der Waals surface area contributed by atoms with Gasteiger partial charge in [0.2, 0.25) is 0 Å². The maximum Gasteiger partial charge on any atom is 0.321 e. The summed E-state index contributed by atoms with van der Waals surface area (Å²) in [5.74, 6) is -1.19. The van der Waals surface area contributed by atoms with Crippen LogP contribution in [0.5, 0.6) is 0 Å². The lowest BCUT2D eigenvalue weighted by atomic mass is 9.93. The highest BCUT2D eigenvalue weighted by atomic mass is 16.4. The number of aliphatic carboxylic acids is 1. The fraction of sp³-hybridized carbons (Fsp3) is 0.308. The number of fused-ring (bicyclic) bond motifs is 1. The zero-order valence-corrected chi connectivity index (χ0v) is 9.90. The summed E-state index contributed by atoms with van der Waals surface area (Å²) in [5.41, 5.74) is 8.80. The van der Waals surface area contributed by atoms with Gasteiger partial charge in [0.05, 0.1) is 0 Å². The molecular formula is C13H16N2O2. The number of H-pyrrole nitrogens is 1. The average molecular weight is 232 g/mol. The molecule has 0 radical (unpaired) electrons. The van der Waals surface area contributed by atoms with E-state index in [2.05, 4.69) is 4.98 Å². The summed E-state index contributed by atoms with van der Waals surface area (Å²) in [5, 5.41) is 9.97. The summed E-state index contributed by atoms with van der Waals surface area (Å²) in [6, 6.07) is 5.17. The SMILES string of the molecule is Cc1ccc2c(C(C)C(N)C(=O)O)c[nH]c2c1. The normalized spacial score (nSPS) is 14.8. The van der Waals surface area contributed by atoms with Gasteiger partial charge in [0.25, 0.3) is 0 Å². The third-order valence-electron chi connectivity index (χ3n) is 3.18. The van der Waals surface area contributed by atoms with Crippen LogP contribution in [0.3, 0.4) is 0 Å². The van der Waals surface area contributed by atoms with Crippen LogP contribution in [-0.2, 0) is 4.79 Å². The first-order chi connectivity index (χ1) is 8.00. The summed E-state index contributed by atoms with van der Waals surface area (Å²) < 4.78 is 0. The van der Waals surface area contributed by atoms with E-state index in [1.165, 1.54) is 5.56 Å². The molecule has 0 amide bonds. The summed E-state index contributed by atoms with van der Waals surface area (Å²) in [6.07, 6.45) is 1.84. The van der Waals surface area contributed by atoms with Crippen LogP contribution in [0.1, 0.15) is 24.0 Å². The Hall–Kier alpha value is -1.81. The molecule has 0 saturated carbocycles. The number of nitrogens with one attached hydrogen (secondary N) is 1. The molecular weight excluding hydrogens is 216 g/mol. The van der Waals surface area contributed by atoms with E-state index in [4.69, 9.17) is 10.8 Å². The van der Waals surface area contributed by atoms with Crippen LogP contribution < -0.4 is 5.73 Å². The number of hydrogen-bond acceptors (Lipinski definition) is 2. The number of carboxylic acid groups (broad SMARTS) is 1. The number of hydrogen-bond donors (Lipinski definition) is 3. The highest BCUT2D eigenvalue weighted by Gasteiger charge is 2.23. The lowest BCUT2D eigenvalue weighted by Crippen LogP contribution is -2.35. The quantitative estimate of drug-likeness (QED) is 0.757. The summed E-state index contributed by atoms with van der Waals surface area (Å²) in [4.78, 5) is 14.0. The van der Waals surface area contributed by atoms with E-state index in [-0.39, 0.29) is 5.92 Å². The van der Waals surface area contributed by atoms with Crippen LogP contribution in [0.15, 0.2) is 24.4 Å². The molecule has 0 bridgehead atoms. The van der Waals surface area contributed by atoms with Gasteiger partial charge in [0.1, 0.15) is 6.04 Å². The second kappa shape index (κ2) is 4.22. The summed E-state index contributed by atoms with van der Waals surface area (Å²) in [6.45, 7) is 3.85. The number of rotatable bonds is 3. The van der Waals surface area contributed by atoms with Gasteiger partial charge in [0, 0.05) is 23.0 Å². The van der Waals surface area contributed by atoms with Crippen LogP contribution in [-0.4, -0.2) is 22.1 Å². The van der Waals surface area contributed by atoms with Gasteiger partial charge in [0.15, 0.2) is 0 Å². The molecule has 1 aromatic carbocycles. The molecule has 2 rings (SSSR count). The largest absolute Gasteiger partial charge is 0.480 e. The highest BCUT2D eigenvalue weighted by Crippen LogP contribution is 2.27. The Balaban J connectivity index is 2.46. The number of carboxylic acids is 1. The third kappa shape index (κ3) is 2.03. The van der Waals surface area contributed by atoms with Crippen LogP contribution in [0, 0.1) is 6.92 Å². The minimum atomic E-state index is -0.973. The lowest BCUT2D eigenvalue weighted by Gasteiger charge is -2.15. The summed E-state index contributed by atoms with van der Waals surface area (Å²) >= 11 is 0. The molecule has 17 heavy (non-hydrogen) atoms. The van der Waals surface area contributed by atoms with Gasteiger partial charge >= 0.3 is 5.97 Å². The average Bonchev–Trinajstić information content (AvgIpc) is 2.69. The van der Waals surface area contributed by atoms with Crippen molar-refractivity contribution < 1.29 is 9.90 Å². The molecule has 0 aliphatic carbocycles. The third-order valence-corrected chi connectivity index (χ3v) is 3.18. The number of aryl methyl sites for hydroxylation is 1. The molecule has 0 spiro atoms. The van der Waals surface area contributed by atoms with Crippen LogP contribution in [0.2, 0.25) is 0 Å². The van der Waals surface area contributed by atoms with Gasteiger partial charge in [-0.15, -0.1) is 0 Å². The molecule has 0 aliphatic heterocycles. The first kappa shape index (κ1) is 11.7. The second-order valence-corrected chi connectivity index (χ2v) is 4.45. The van der Waals surface area contributed by atoms with Crippen molar-refractivity contribution in [3.63, 3.8) is 0 Å². The van der Waals surface area contributed by atoms with Crippen LogP contribution in [0.25, 0.3) is 10.9 Å². The van der Waals surface area contributed by atoms with Crippen molar-refractivity contribution in [2.24, 2.45) is 5.73 Å². The van der Waals surface area contributed by atoms with Crippen molar-refractivity contribution in [3.8, 4) is 0 Å². The van der Waals surface area contributed by atoms with E-state index >= 15 is 0 Å². The van der Waals surface area contributed by atoms with Gasteiger partial charge in [-0.25, -0.2) is 0 Å². The molecule has 4 heteroatoms. The molecule has 1 aromatic heterocycles. The highest BCUT2D eigenvalue weighted by molar-refractivity contribution is 5.85. The van der Waals surface area contributed by atoms with Crippen LogP contribution in [0.4, 0.5) is 0 Å². The minimum Gasteiger partial charge on any atom is -0.480 e. The lowest BCUT2D eigenvalue weighted by molar-refractivity contribution is -0.138. The number of aromatic amines is 1. The van der Waals surface area contributed by atoms with Crippen molar-refractivity contribution in [2.75, 3.05) is 0 Å². The Labute approximate surface area is 99.4 Å². The van der Waals surface area contributed by atoms with Crippen LogP contribution >= 0.6 is 0 Å². The predicted octanol–water partition coefficient (Wildman–Crippen LogP) is 1.99. The van der Waals surface area contributed by atoms with E-state index in [1.54, 1.807) is 0 Å². The Morgan fingerprint density at radius 3 is 2.82 bits per heavy atom. The topological polar surface area (TPSA) is 79.1 Å². The Kier molecular flexibility index (Phi) is 2.90. The van der Waals surface area contributed by atoms with E-state index in [1.807, 2.05) is 38.2 Å². The Morgan fingerprint density at radius 2 is 2.18 bits per heavy atom. The smallest absolute Gasteiger partial charge is 0.321 e.